The fourth-order valence-corrected chi connectivity index (χ4v) is 6.49. The normalized spacial score (nSPS) is 16.3. The van der Waals surface area contributed by atoms with Gasteiger partial charge in [-0.05, 0) is 120 Å². The standard InChI is InChI=1S/C40H50N4O5/c1-27-13-17-31(42-32-25-44(26-32)39(48)49-40(3,4)5)24-36(27)38(47)41-28(2)33-18-16-30(34-10-6-7-11-35(33)34)15-14-29-19-22-43(23-20-29)21-9-8-12-37(45)46/h6-7,10-11,13,16-18,24,28-29,32,42H,8-9,12,19-23,25-26H2,1-5H3,(H,41,47)(H,45,46). The summed E-state index contributed by atoms with van der Waals surface area (Å²) in [5.41, 5.74) is 3.84. The monoisotopic (exact) mass is 666 g/mol. The highest BCUT2D eigenvalue weighted by Gasteiger charge is 2.33. The summed E-state index contributed by atoms with van der Waals surface area (Å²) in [6, 6.07) is 18.0. The van der Waals surface area contributed by atoms with Gasteiger partial charge in [0.15, 0.2) is 0 Å². The molecule has 1 atom stereocenters. The third kappa shape index (κ3) is 9.76. The van der Waals surface area contributed by atoms with Gasteiger partial charge < -0.3 is 30.3 Å². The number of aliphatic carboxylic acids is 1. The van der Waals surface area contributed by atoms with Crippen molar-refractivity contribution in [3.63, 3.8) is 0 Å². The Bertz CT molecular complexity index is 1720. The van der Waals surface area contributed by atoms with E-state index >= 15 is 0 Å². The summed E-state index contributed by atoms with van der Waals surface area (Å²) in [6.45, 7) is 13.6. The zero-order chi connectivity index (χ0) is 35.1. The molecule has 2 aliphatic rings. The van der Waals surface area contributed by atoms with Crippen LogP contribution in [0.2, 0.25) is 0 Å². The van der Waals surface area contributed by atoms with Gasteiger partial charge in [0.25, 0.3) is 5.91 Å². The maximum Gasteiger partial charge on any atom is 0.410 e. The SMILES string of the molecule is Cc1ccc(NC2CN(C(=O)OC(C)(C)C)C2)cc1C(=O)NC(C)c1ccc(C#CC2CCN(CCCCC(=O)O)CC2)c2ccccc12. The Hall–Kier alpha value is -4.55. The number of likely N-dealkylation sites (tertiary alicyclic amines) is 2. The van der Waals surface area contributed by atoms with Crippen LogP contribution in [0.4, 0.5) is 10.5 Å². The van der Waals surface area contributed by atoms with Crippen molar-refractivity contribution in [2.75, 3.05) is 38.0 Å². The van der Waals surface area contributed by atoms with Crippen LogP contribution in [0, 0.1) is 24.7 Å². The van der Waals surface area contributed by atoms with Gasteiger partial charge in [0, 0.05) is 42.2 Å². The van der Waals surface area contributed by atoms with Crippen LogP contribution in [-0.4, -0.2) is 77.2 Å². The maximum atomic E-state index is 13.6. The van der Waals surface area contributed by atoms with Gasteiger partial charge in [-0.3, -0.25) is 9.59 Å². The molecule has 3 N–H and O–H groups in total. The second-order valence-corrected chi connectivity index (χ2v) is 14.4. The van der Waals surface area contributed by atoms with Gasteiger partial charge in [0.05, 0.1) is 12.1 Å². The van der Waals surface area contributed by atoms with Crippen molar-refractivity contribution in [3.05, 3.63) is 76.9 Å². The van der Waals surface area contributed by atoms with Crippen LogP contribution in [0.5, 0.6) is 0 Å². The first-order chi connectivity index (χ1) is 23.4. The Morgan fingerprint density at radius 1 is 1.00 bits per heavy atom. The van der Waals surface area contributed by atoms with E-state index in [2.05, 4.69) is 51.6 Å². The van der Waals surface area contributed by atoms with Crippen molar-refractivity contribution in [2.45, 2.75) is 84.4 Å². The number of nitrogens with zero attached hydrogens (tertiary/aromatic N) is 2. The first-order valence-electron chi connectivity index (χ1n) is 17.5. The quantitative estimate of drug-likeness (QED) is 0.158. The molecule has 1 unspecified atom stereocenters. The lowest BCUT2D eigenvalue weighted by atomic mass is 9.94. The predicted octanol–water partition coefficient (Wildman–Crippen LogP) is 6.99. The fourth-order valence-electron chi connectivity index (χ4n) is 6.49. The Morgan fingerprint density at radius 3 is 2.41 bits per heavy atom. The van der Waals surface area contributed by atoms with Gasteiger partial charge in [-0.2, -0.15) is 0 Å². The summed E-state index contributed by atoms with van der Waals surface area (Å²) in [5, 5.41) is 17.7. The number of carbonyl (C=O) groups is 3. The molecule has 0 saturated carbocycles. The first kappa shape index (κ1) is 35.7. The van der Waals surface area contributed by atoms with E-state index in [1.54, 1.807) is 4.90 Å². The second kappa shape index (κ2) is 15.8. The molecule has 2 saturated heterocycles. The lowest BCUT2D eigenvalue weighted by molar-refractivity contribution is -0.137. The number of aryl methyl sites for hydroxylation is 1. The Balaban J connectivity index is 1.19. The molecule has 2 fully saturated rings. The summed E-state index contributed by atoms with van der Waals surface area (Å²) >= 11 is 0. The number of carbonyl (C=O) groups excluding carboxylic acids is 2. The van der Waals surface area contributed by atoms with Crippen molar-refractivity contribution < 1.29 is 24.2 Å². The van der Waals surface area contributed by atoms with Crippen molar-refractivity contribution in [3.8, 4) is 11.8 Å². The van der Waals surface area contributed by atoms with Crippen LogP contribution in [0.15, 0.2) is 54.6 Å². The molecule has 2 heterocycles. The molecular formula is C40H50N4O5. The minimum Gasteiger partial charge on any atom is -0.481 e. The van der Waals surface area contributed by atoms with Crippen LogP contribution in [0.1, 0.15) is 92.9 Å². The van der Waals surface area contributed by atoms with E-state index in [1.165, 1.54) is 0 Å². The van der Waals surface area contributed by atoms with Gasteiger partial charge >= 0.3 is 12.1 Å². The topological polar surface area (TPSA) is 111 Å². The summed E-state index contributed by atoms with van der Waals surface area (Å²) in [4.78, 5) is 40.7. The molecule has 9 heteroatoms. The Kier molecular flexibility index (Phi) is 11.5. The number of carboxylic acid groups (broad SMARTS) is 1. The minimum atomic E-state index is -0.723. The summed E-state index contributed by atoms with van der Waals surface area (Å²) in [6.07, 6.45) is 3.62. The number of rotatable bonds is 10. The van der Waals surface area contributed by atoms with Crippen LogP contribution in [0.25, 0.3) is 10.8 Å². The van der Waals surface area contributed by atoms with Crippen LogP contribution in [-0.2, 0) is 9.53 Å². The van der Waals surface area contributed by atoms with E-state index in [4.69, 9.17) is 9.84 Å². The van der Waals surface area contributed by atoms with Crippen molar-refractivity contribution in [2.24, 2.45) is 5.92 Å². The molecule has 2 aliphatic heterocycles. The van der Waals surface area contributed by atoms with E-state index in [-0.39, 0.29) is 30.5 Å². The highest BCUT2D eigenvalue weighted by Crippen LogP contribution is 2.28. The van der Waals surface area contributed by atoms with Crippen LogP contribution < -0.4 is 10.6 Å². The highest BCUT2D eigenvalue weighted by molar-refractivity contribution is 5.97. The van der Waals surface area contributed by atoms with Crippen molar-refractivity contribution >= 4 is 34.4 Å². The average molecular weight is 667 g/mol. The molecule has 9 nitrogen and oxygen atoms in total. The molecule has 2 amide bonds. The van der Waals surface area contributed by atoms with Gasteiger partial charge in [0.1, 0.15) is 5.60 Å². The maximum absolute atomic E-state index is 13.6. The molecule has 0 spiro atoms. The molecule has 0 aliphatic carbocycles. The van der Waals surface area contributed by atoms with Gasteiger partial charge in [-0.25, -0.2) is 4.79 Å². The van der Waals surface area contributed by atoms with Crippen LogP contribution in [0.3, 0.4) is 0 Å². The smallest absolute Gasteiger partial charge is 0.410 e. The summed E-state index contributed by atoms with van der Waals surface area (Å²) in [5.74, 6) is 6.48. The molecule has 0 bridgehead atoms. The molecule has 0 aromatic heterocycles. The van der Waals surface area contributed by atoms with E-state index in [0.717, 1.165) is 78.5 Å². The van der Waals surface area contributed by atoms with E-state index in [1.807, 2.05) is 65.0 Å². The van der Waals surface area contributed by atoms with Gasteiger partial charge in [0.2, 0.25) is 0 Å². The molecule has 260 valence electrons. The van der Waals surface area contributed by atoms with Gasteiger partial charge in [-0.15, -0.1) is 0 Å². The number of amides is 2. The van der Waals surface area contributed by atoms with Crippen molar-refractivity contribution in [1.29, 1.82) is 0 Å². The second-order valence-electron chi connectivity index (χ2n) is 14.4. The zero-order valence-corrected chi connectivity index (χ0v) is 29.5. The van der Waals surface area contributed by atoms with E-state index in [9.17, 15) is 14.4 Å². The number of ether oxygens (including phenoxy) is 1. The summed E-state index contributed by atoms with van der Waals surface area (Å²) < 4.78 is 5.46. The first-order valence-corrected chi connectivity index (χ1v) is 17.5. The molecule has 0 radical (unpaired) electrons. The Labute approximate surface area is 290 Å². The number of fused-ring (bicyclic) bond motifs is 1. The zero-order valence-electron chi connectivity index (χ0n) is 29.5. The molecule has 3 aromatic rings. The molecular weight excluding hydrogens is 616 g/mol. The van der Waals surface area contributed by atoms with Crippen molar-refractivity contribution in [1.82, 2.24) is 15.1 Å². The number of hydrogen-bond acceptors (Lipinski definition) is 6. The number of anilines is 1. The number of benzene rings is 3. The average Bonchev–Trinajstić information content (AvgIpc) is 3.03. The van der Waals surface area contributed by atoms with E-state index in [0.29, 0.717) is 24.6 Å². The predicted molar refractivity (Wildman–Crippen MR) is 194 cm³/mol. The van der Waals surface area contributed by atoms with E-state index < -0.39 is 11.6 Å². The fraction of sp³-hybridized carbons (Fsp3) is 0.475. The number of carboxylic acids is 1. The minimum absolute atomic E-state index is 0.0905. The molecule has 49 heavy (non-hydrogen) atoms. The number of nitrogens with one attached hydrogen (secondary N) is 2. The molecule has 5 rings (SSSR count). The van der Waals surface area contributed by atoms with Crippen LogP contribution >= 0.6 is 0 Å². The number of piperidine rings is 1. The Morgan fingerprint density at radius 2 is 1.71 bits per heavy atom. The molecule has 3 aromatic carbocycles. The highest BCUT2D eigenvalue weighted by atomic mass is 16.6. The number of unbranched alkanes of at least 4 members (excludes halogenated alkanes) is 1. The lowest BCUT2D eigenvalue weighted by Crippen LogP contribution is -2.57. The largest absolute Gasteiger partial charge is 0.481 e. The lowest BCUT2D eigenvalue weighted by Gasteiger charge is -2.40. The van der Waals surface area contributed by atoms with Gasteiger partial charge in [-0.1, -0.05) is 48.2 Å². The summed E-state index contributed by atoms with van der Waals surface area (Å²) in [7, 11) is 0. The number of hydrogen-bond donors (Lipinski definition) is 3. The third-order valence-electron chi connectivity index (χ3n) is 9.27. The third-order valence-corrected chi connectivity index (χ3v) is 9.27.